The van der Waals surface area contributed by atoms with Crippen LogP contribution in [0.2, 0.25) is 0 Å². The standard InChI is InChI=1S/C11H9N3O4/c1-18-10(15)6-5-8-7-3-2-4-9(14(16)17)11(7)13-12-8/h2-6H,1H3,(H,12,13). The van der Waals surface area contributed by atoms with Crippen LogP contribution in [-0.2, 0) is 9.53 Å². The molecule has 1 aromatic heterocycles. The van der Waals surface area contributed by atoms with Gasteiger partial charge >= 0.3 is 5.97 Å². The summed E-state index contributed by atoms with van der Waals surface area (Å²) in [4.78, 5) is 21.3. The molecular weight excluding hydrogens is 238 g/mol. The largest absolute Gasteiger partial charge is 0.466 e. The molecule has 18 heavy (non-hydrogen) atoms. The van der Waals surface area contributed by atoms with E-state index in [4.69, 9.17) is 0 Å². The van der Waals surface area contributed by atoms with Crippen LogP contribution < -0.4 is 0 Å². The van der Waals surface area contributed by atoms with Crippen molar-refractivity contribution in [1.82, 2.24) is 10.2 Å². The lowest BCUT2D eigenvalue weighted by molar-refractivity contribution is -0.383. The maximum Gasteiger partial charge on any atom is 0.330 e. The van der Waals surface area contributed by atoms with Crippen molar-refractivity contribution >= 4 is 28.6 Å². The molecule has 0 aliphatic heterocycles. The number of carbonyl (C=O) groups is 1. The van der Waals surface area contributed by atoms with Gasteiger partial charge in [-0.25, -0.2) is 4.79 Å². The van der Waals surface area contributed by atoms with Gasteiger partial charge in [0, 0.05) is 17.5 Å². The second-order valence-electron chi connectivity index (χ2n) is 3.42. The van der Waals surface area contributed by atoms with E-state index >= 15 is 0 Å². The molecule has 1 heterocycles. The van der Waals surface area contributed by atoms with Crippen LogP contribution in [0.25, 0.3) is 17.0 Å². The number of ether oxygens (including phenoxy) is 1. The van der Waals surface area contributed by atoms with E-state index in [0.29, 0.717) is 11.1 Å². The Hall–Kier alpha value is -2.70. The van der Waals surface area contributed by atoms with Crippen molar-refractivity contribution in [2.75, 3.05) is 7.11 Å². The number of non-ortho nitro benzene ring substituents is 1. The van der Waals surface area contributed by atoms with Crippen molar-refractivity contribution in [2.45, 2.75) is 0 Å². The predicted octanol–water partition coefficient (Wildman–Crippen LogP) is 1.66. The molecule has 0 fully saturated rings. The van der Waals surface area contributed by atoms with E-state index in [-0.39, 0.29) is 11.2 Å². The van der Waals surface area contributed by atoms with Crippen LogP contribution in [-0.4, -0.2) is 28.2 Å². The molecule has 7 nitrogen and oxygen atoms in total. The smallest absolute Gasteiger partial charge is 0.330 e. The van der Waals surface area contributed by atoms with Crippen LogP contribution in [0.4, 0.5) is 5.69 Å². The van der Waals surface area contributed by atoms with Crippen LogP contribution in [0.15, 0.2) is 24.3 Å². The lowest BCUT2D eigenvalue weighted by Crippen LogP contribution is -1.93. The molecule has 0 aliphatic carbocycles. The zero-order valence-corrected chi connectivity index (χ0v) is 9.41. The number of para-hydroxylation sites is 1. The number of esters is 1. The van der Waals surface area contributed by atoms with Crippen molar-refractivity contribution in [3.05, 3.63) is 40.1 Å². The molecule has 0 saturated carbocycles. The number of H-pyrrole nitrogens is 1. The molecule has 0 amide bonds. The van der Waals surface area contributed by atoms with Gasteiger partial charge in [0.15, 0.2) is 5.52 Å². The molecule has 0 atom stereocenters. The van der Waals surface area contributed by atoms with Gasteiger partial charge in [0.05, 0.1) is 17.7 Å². The second kappa shape index (κ2) is 4.66. The molecule has 2 aromatic rings. The lowest BCUT2D eigenvalue weighted by atomic mass is 10.2. The van der Waals surface area contributed by atoms with Gasteiger partial charge in [-0.2, -0.15) is 5.10 Å². The Bertz CT molecular complexity index is 645. The third kappa shape index (κ3) is 2.05. The highest BCUT2D eigenvalue weighted by molar-refractivity contribution is 5.95. The Morgan fingerprint density at radius 1 is 1.56 bits per heavy atom. The zero-order chi connectivity index (χ0) is 13.1. The quantitative estimate of drug-likeness (QED) is 0.385. The summed E-state index contributed by atoms with van der Waals surface area (Å²) < 4.78 is 4.45. The summed E-state index contributed by atoms with van der Waals surface area (Å²) in [6, 6.07) is 4.62. The number of nitrogens with zero attached hydrogens (tertiary/aromatic N) is 2. The molecule has 92 valence electrons. The molecule has 0 saturated heterocycles. The third-order valence-corrected chi connectivity index (χ3v) is 2.38. The first-order valence-electron chi connectivity index (χ1n) is 5.01. The molecule has 0 unspecified atom stereocenters. The highest BCUT2D eigenvalue weighted by atomic mass is 16.6. The number of hydrogen-bond donors (Lipinski definition) is 1. The first-order chi connectivity index (χ1) is 8.63. The summed E-state index contributed by atoms with van der Waals surface area (Å²) >= 11 is 0. The van der Waals surface area contributed by atoms with Gasteiger partial charge in [-0.05, 0) is 6.08 Å². The van der Waals surface area contributed by atoms with Gasteiger partial charge < -0.3 is 4.74 Å². The molecule has 2 rings (SSSR count). The fraction of sp³-hybridized carbons (Fsp3) is 0.0909. The number of carbonyl (C=O) groups excluding carboxylic acids is 1. The van der Waals surface area contributed by atoms with Crippen molar-refractivity contribution < 1.29 is 14.5 Å². The summed E-state index contributed by atoms with van der Waals surface area (Å²) in [6.45, 7) is 0. The van der Waals surface area contributed by atoms with Crippen LogP contribution >= 0.6 is 0 Å². The lowest BCUT2D eigenvalue weighted by Gasteiger charge is -1.92. The summed E-state index contributed by atoms with van der Waals surface area (Å²) in [5.74, 6) is -0.511. The molecule has 0 spiro atoms. The van der Waals surface area contributed by atoms with Gasteiger partial charge in [-0.1, -0.05) is 12.1 Å². The van der Waals surface area contributed by atoms with Crippen molar-refractivity contribution in [2.24, 2.45) is 0 Å². The van der Waals surface area contributed by atoms with E-state index in [1.807, 2.05) is 0 Å². The van der Waals surface area contributed by atoms with Gasteiger partial charge in [0.2, 0.25) is 0 Å². The molecule has 1 aromatic carbocycles. The van der Waals surface area contributed by atoms with E-state index < -0.39 is 10.9 Å². The fourth-order valence-electron chi connectivity index (χ4n) is 1.54. The summed E-state index contributed by atoms with van der Waals surface area (Å²) in [5.41, 5.74) is 0.688. The average molecular weight is 247 g/mol. The van der Waals surface area contributed by atoms with Crippen molar-refractivity contribution in [1.29, 1.82) is 0 Å². The van der Waals surface area contributed by atoms with E-state index in [9.17, 15) is 14.9 Å². The molecule has 1 N–H and O–H groups in total. The molecule has 0 radical (unpaired) electrons. The average Bonchev–Trinajstić information content (AvgIpc) is 2.78. The fourth-order valence-corrected chi connectivity index (χ4v) is 1.54. The van der Waals surface area contributed by atoms with E-state index in [0.717, 1.165) is 0 Å². The minimum absolute atomic E-state index is 0.0820. The maximum atomic E-state index is 11.0. The number of aromatic nitrogens is 2. The van der Waals surface area contributed by atoms with Gasteiger partial charge in [0.25, 0.3) is 5.69 Å². The minimum atomic E-state index is -0.511. The van der Waals surface area contributed by atoms with E-state index in [1.54, 1.807) is 12.1 Å². The van der Waals surface area contributed by atoms with Crippen LogP contribution in [0.5, 0.6) is 0 Å². The number of nitro groups is 1. The van der Waals surface area contributed by atoms with Gasteiger partial charge in [-0.3, -0.25) is 15.2 Å². The number of hydrogen-bond acceptors (Lipinski definition) is 5. The molecule has 0 aliphatic rings. The summed E-state index contributed by atoms with van der Waals surface area (Å²) in [6.07, 6.45) is 2.68. The highest BCUT2D eigenvalue weighted by Crippen LogP contribution is 2.25. The zero-order valence-electron chi connectivity index (χ0n) is 9.41. The molecule has 7 heteroatoms. The number of nitrogens with one attached hydrogen (secondary N) is 1. The SMILES string of the molecule is COC(=O)C=Cc1[nH]nc2c([N+](=O)[O-])cccc12. The summed E-state index contributed by atoms with van der Waals surface area (Å²) in [5, 5.41) is 17.9. The van der Waals surface area contributed by atoms with E-state index in [1.165, 1.54) is 25.3 Å². The Labute approximate surface area is 101 Å². The minimum Gasteiger partial charge on any atom is -0.466 e. The predicted molar refractivity (Wildman–Crippen MR) is 63.8 cm³/mol. The normalized spacial score (nSPS) is 10.9. The number of aromatic amines is 1. The summed E-state index contributed by atoms with van der Waals surface area (Å²) in [7, 11) is 1.27. The van der Waals surface area contributed by atoms with Gasteiger partial charge in [0.1, 0.15) is 0 Å². The van der Waals surface area contributed by atoms with E-state index in [2.05, 4.69) is 14.9 Å². The Morgan fingerprint density at radius 2 is 2.33 bits per heavy atom. The van der Waals surface area contributed by atoms with Crippen LogP contribution in [0.3, 0.4) is 0 Å². The number of methoxy groups -OCH3 is 1. The number of nitro benzene ring substituents is 1. The second-order valence-corrected chi connectivity index (χ2v) is 3.42. The third-order valence-electron chi connectivity index (χ3n) is 2.38. The maximum absolute atomic E-state index is 11.0. The Morgan fingerprint density at radius 3 is 3.00 bits per heavy atom. The Balaban J connectivity index is 2.49. The van der Waals surface area contributed by atoms with Gasteiger partial charge in [-0.15, -0.1) is 0 Å². The topological polar surface area (TPSA) is 98.1 Å². The number of fused-ring (bicyclic) bond motifs is 1. The molecule has 0 bridgehead atoms. The first kappa shape index (κ1) is 11.8. The van der Waals surface area contributed by atoms with Crippen molar-refractivity contribution in [3.63, 3.8) is 0 Å². The van der Waals surface area contributed by atoms with Crippen LogP contribution in [0.1, 0.15) is 5.69 Å². The van der Waals surface area contributed by atoms with Crippen molar-refractivity contribution in [3.8, 4) is 0 Å². The first-order valence-corrected chi connectivity index (χ1v) is 5.01. The highest BCUT2D eigenvalue weighted by Gasteiger charge is 2.15. The number of benzene rings is 1. The Kier molecular flexibility index (Phi) is 3.05. The number of rotatable bonds is 3. The monoisotopic (exact) mass is 247 g/mol. The van der Waals surface area contributed by atoms with Crippen LogP contribution in [0, 0.1) is 10.1 Å². The molecular formula is C11H9N3O4.